The number of benzene rings is 3. The van der Waals surface area contributed by atoms with Crippen LogP contribution in [0, 0.1) is 11.6 Å². The maximum atomic E-state index is 13.2. The van der Waals surface area contributed by atoms with E-state index >= 15 is 0 Å². The maximum Gasteiger partial charge on any atom is 0.255 e. The highest BCUT2D eigenvalue weighted by Crippen LogP contribution is 2.19. The molecule has 0 saturated heterocycles. The number of amides is 1. The summed E-state index contributed by atoms with van der Waals surface area (Å²) in [7, 11) is 0. The summed E-state index contributed by atoms with van der Waals surface area (Å²) in [4.78, 5) is 12.5. The monoisotopic (exact) mass is 453 g/mol. The molecule has 4 aromatic rings. The molecule has 32 heavy (non-hydrogen) atoms. The van der Waals surface area contributed by atoms with E-state index in [2.05, 4.69) is 10.4 Å². The van der Waals surface area contributed by atoms with E-state index in [-0.39, 0.29) is 11.7 Å². The predicted octanol–water partition coefficient (Wildman–Crippen LogP) is 5.69. The SMILES string of the molecule is O=C(Nc1cnn(Cc2ccc(F)cc2Cl)c1)c1ccc(COc2ccc(F)cc2)cc1. The Labute approximate surface area is 188 Å². The number of nitrogens with one attached hydrogen (secondary N) is 1. The Bertz CT molecular complexity index is 1220. The van der Waals surface area contributed by atoms with Gasteiger partial charge in [0.2, 0.25) is 0 Å². The van der Waals surface area contributed by atoms with Crippen molar-refractivity contribution in [3.05, 3.63) is 112 Å². The minimum absolute atomic E-state index is 0.282. The van der Waals surface area contributed by atoms with E-state index in [1.807, 2.05) is 0 Å². The van der Waals surface area contributed by atoms with Crippen molar-refractivity contribution in [1.29, 1.82) is 0 Å². The van der Waals surface area contributed by atoms with Crippen LogP contribution < -0.4 is 10.1 Å². The Morgan fingerprint density at radius 2 is 1.72 bits per heavy atom. The molecule has 0 spiro atoms. The maximum absolute atomic E-state index is 13.2. The Kier molecular flexibility index (Phi) is 6.47. The van der Waals surface area contributed by atoms with Crippen LogP contribution >= 0.6 is 11.6 Å². The van der Waals surface area contributed by atoms with Crippen LogP contribution in [0.1, 0.15) is 21.5 Å². The third-order valence-corrected chi connectivity index (χ3v) is 5.03. The van der Waals surface area contributed by atoms with Crippen LogP contribution in [-0.4, -0.2) is 15.7 Å². The summed E-state index contributed by atoms with van der Waals surface area (Å²) in [5.41, 5.74) is 2.59. The summed E-state index contributed by atoms with van der Waals surface area (Å²) < 4.78 is 33.3. The third kappa shape index (κ3) is 5.50. The first kappa shape index (κ1) is 21.5. The van der Waals surface area contributed by atoms with Gasteiger partial charge in [-0.1, -0.05) is 29.8 Å². The van der Waals surface area contributed by atoms with Gasteiger partial charge in [0, 0.05) is 16.8 Å². The normalized spacial score (nSPS) is 10.7. The zero-order chi connectivity index (χ0) is 22.5. The van der Waals surface area contributed by atoms with Crippen molar-refractivity contribution in [3.63, 3.8) is 0 Å². The van der Waals surface area contributed by atoms with Crippen molar-refractivity contribution in [2.75, 3.05) is 5.32 Å². The van der Waals surface area contributed by atoms with Crippen LogP contribution in [0.5, 0.6) is 5.75 Å². The van der Waals surface area contributed by atoms with Crippen LogP contribution in [-0.2, 0) is 13.2 Å². The Hall–Kier alpha value is -3.71. The van der Waals surface area contributed by atoms with Crippen molar-refractivity contribution < 1.29 is 18.3 Å². The number of aromatic nitrogens is 2. The smallest absolute Gasteiger partial charge is 0.255 e. The van der Waals surface area contributed by atoms with E-state index in [0.717, 1.165) is 5.56 Å². The van der Waals surface area contributed by atoms with E-state index in [1.165, 1.54) is 30.5 Å². The van der Waals surface area contributed by atoms with Gasteiger partial charge in [0.1, 0.15) is 24.0 Å². The van der Waals surface area contributed by atoms with E-state index in [1.54, 1.807) is 53.3 Å². The first-order chi connectivity index (χ1) is 15.5. The first-order valence-electron chi connectivity index (χ1n) is 9.71. The van der Waals surface area contributed by atoms with Gasteiger partial charge in [-0.25, -0.2) is 8.78 Å². The summed E-state index contributed by atoms with van der Waals surface area (Å²) in [6.07, 6.45) is 3.20. The number of hydrogen-bond donors (Lipinski definition) is 1. The van der Waals surface area contributed by atoms with Crippen molar-refractivity contribution in [1.82, 2.24) is 9.78 Å². The van der Waals surface area contributed by atoms with Gasteiger partial charge in [-0.2, -0.15) is 5.10 Å². The third-order valence-electron chi connectivity index (χ3n) is 4.67. The molecule has 1 aromatic heterocycles. The highest BCUT2D eigenvalue weighted by Gasteiger charge is 2.09. The Morgan fingerprint density at radius 1 is 1.00 bits per heavy atom. The van der Waals surface area contributed by atoms with Crippen LogP contribution in [0.25, 0.3) is 0 Å². The van der Waals surface area contributed by atoms with Crippen LogP contribution in [0.15, 0.2) is 79.1 Å². The van der Waals surface area contributed by atoms with E-state index < -0.39 is 5.82 Å². The lowest BCUT2D eigenvalue weighted by atomic mass is 10.1. The topological polar surface area (TPSA) is 56.2 Å². The van der Waals surface area contributed by atoms with E-state index in [4.69, 9.17) is 16.3 Å². The summed E-state index contributed by atoms with van der Waals surface area (Å²) in [6.45, 7) is 0.643. The van der Waals surface area contributed by atoms with Gasteiger partial charge in [-0.05, 0) is 59.7 Å². The average molecular weight is 454 g/mol. The molecule has 0 aliphatic rings. The second-order valence-corrected chi connectivity index (χ2v) is 7.46. The van der Waals surface area contributed by atoms with Gasteiger partial charge in [-0.15, -0.1) is 0 Å². The lowest BCUT2D eigenvalue weighted by Gasteiger charge is -2.07. The quantitative estimate of drug-likeness (QED) is 0.391. The van der Waals surface area contributed by atoms with Crippen molar-refractivity contribution >= 4 is 23.2 Å². The Morgan fingerprint density at radius 3 is 2.44 bits per heavy atom. The van der Waals surface area contributed by atoms with Gasteiger partial charge >= 0.3 is 0 Å². The first-order valence-corrected chi connectivity index (χ1v) is 10.1. The fourth-order valence-corrected chi connectivity index (χ4v) is 3.22. The average Bonchev–Trinajstić information content (AvgIpc) is 3.22. The number of hydrogen-bond acceptors (Lipinski definition) is 3. The molecule has 1 heterocycles. The molecule has 0 saturated carbocycles. The molecule has 5 nitrogen and oxygen atoms in total. The second kappa shape index (κ2) is 9.62. The zero-order valence-electron chi connectivity index (χ0n) is 16.8. The number of rotatable bonds is 7. The van der Waals surface area contributed by atoms with E-state index in [0.29, 0.717) is 40.7 Å². The molecule has 1 N–H and O–H groups in total. The molecule has 0 radical (unpaired) electrons. The summed E-state index contributed by atoms with van der Waals surface area (Å²) >= 11 is 6.05. The van der Waals surface area contributed by atoms with Gasteiger partial charge in [0.25, 0.3) is 5.91 Å². The van der Waals surface area contributed by atoms with E-state index in [9.17, 15) is 13.6 Å². The molecule has 3 aromatic carbocycles. The lowest BCUT2D eigenvalue weighted by molar-refractivity contribution is 0.102. The highest BCUT2D eigenvalue weighted by molar-refractivity contribution is 6.31. The van der Waals surface area contributed by atoms with Crippen LogP contribution in [0.2, 0.25) is 5.02 Å². The molecule has 0 bridgehead atoms. The number of nitrogens with zero attached hydrogens (tertiary/aromatic N) is 2. The van der Waals surface area contributed by atoms with Gasteiger partial charge in [0.15, 0.2) is 0 Å². The van der Waals surface area contributed by atoms with Crippen molar-refractivity contribution in [2.24, 2.45) is 0 Å². The number of anilines is 1. The standard InChI is InChI=1S/C24H18ClF2N3O2/c25-23-11-20(27)6-5-18(23)13-30-14-21(12-28-30)29-24(31)17-3-1-16(2-4-17)15-32-22-9-7-19(26)8-10-22/h1-12,14H,13,15H2,(H,29,31). The molecular formula is C24H18ClF2N3O2. The minimum Gasteiger partial charge on any atom is -0.489 e. The molecule has 0 aliphatic carbocycles. The highest BCUT2D eigenvalue weighted by atomic mass is 35.5. The lowest BCUT2D eigenvalue weighted by Crippen LogP contribution is -2.11. The number of halogens is 3. The van der Waals surface area contributed by atoms with Crippen LogP contribution in [0.4, 0.5) is 14.5 Å². The predicted molar refractivity (Wildman–Crippen MR) is 118 cm³/mol. The molecule has 4 rings (SSSR count). The van der Waals surface area contributed by atoms with Gasteiger partial charge in [0.05, 0.1) is 18.4 Å². The zero-order valence-corrected chi connectivity index (χ0v) is 17.5. The van der Waals surface area contributed by atoms with Crippen LogP contribution in [0.3, 0.4) is 0 Å². The van der Waals surface area contributed by atoms with Gasteiger partial charge in [-0.3, -0.25) is 9.48 Å². The summed E-state index contributed by atoms with van der Waals surface area (Å²) in [5, 5.41) is 7.31. The fourth-order valence-electron chi connectivity index (χ4n) is 2.99. The van der Waals surface area contributed by atoms with Gasteiger partial charge < -0.3 is 10.1 Å². The number of ether oxygens (including phenoxy) is 1. The largest absolute Gasteiger partial charge is 0.489 e. The number of carbonyl (C=O) groups excluding carboxylic acids is 1. The molecule has 0 aliphatic heterocycles. The second-order valence-electron chi connectivity index (χ2n) is 7.06. The molecule has 0 atom stereocenters. The minimum atomic E-state index is -0.403. The number of carbonyl (C=O) groups is 1. The summed E-state index contributed by atoms with van der Waals surface area (Å²) in [6, 6.07) is 16.9. The molecule has 8 heteroatoms. The molecule has 1 amide bonds. The Balaban J connectivity index is 1.33. The molecule has 162 valence electrons. The summed E-state index contributed by atoms with van der Waals surface area (Å²) in [5.74, 6) is -0.444. The van der Waals surface area contributed by atoms with Crippen molar-refractivity contribution in [3.8, 4) is 5.75 Å². The molecule has 0 unspecified atom stereocenters. The molecule has 0 fully saturated rings. The molecular weight excluding hydrogens is 436 g/mol. The van der Waals surface area contributed by atoms with Crippen molar-refractivity contribution in [2.45, 2.75) is 13.2 Å². The fraction of sp³-hybridized carbons (Fsp3) is 0.0833.